The summed E-state index contributed by atoms with van der Waals surface area (Å²) in [4.78, 5) is 15.9. The van der Waals surface area contributed by atoms with E-state index in [1.807, 2.05) is 12.1 Å². The molecule has 3 aromatic carbocycles. The molecular weight excluding hydrogens is 482 g/mol. The standard InChI is InChI=1S/C35H43NO3/c1-5-20-35(21-6-2)23-31(37)33(34(38)39-35)32(26(3)4)29-18-13-19-30(22-29)36(24-27-14-9-7-10-15-27)25-28-16-11-8-12-17-28/h7-19,22,26,32,37H,5-6,20-21,23-25H2,1-4H3/t32-/m0/s1. The molecule has 4 nitrogen and oxygen atoms in total. The number of nitrogens with zero attached hydrogens (tertiary/aromatic N) is 1. The van der Waals surface area contributed by atoms with Crippen molar-refractivity contribution < 1.29 is 14.6 Å². The Morgan fingerprint density at radius 3 is 1.90 bits per heavy atom. The lowest BCUT2D eigenvalue weighted by atomic mass is 9.77. The van der Waals surface area contributed by atoms with E-state index in [0.717, 1.165) is 50.0 Å². The van der Waals surface area contributed by atoms with E-state index in [1.165, 1.54) is 11.1 Å². The molecule has 0 saturated carbocycles. The molecule has 1 heterocycles. The SMILES string of the molecule is CCCC1(CCC)CC(O)=C([C@H](c2cccc(N(Cc3ccccc3)Cc3ccccc3)c2)C(C)C)C(=O)O1. The van der Waals surface area contributed by atoms with Crippen molar-refractivity contribution in [2.75, 3.05) is 4.90 Å². The third kappa shape index (κ3) is 6.92. The maximum atomic E-state index is 13.5. The van der Waals surface area contributed by atoms with Gasteiger partial charge in [0.2, 0.25) is 0 Å². The average molecular weight is 526 g/mol. The number of aliphatic hydroxyl groups is 1. The molecule has 4 heteroatoms. The predicted octanol–water partition coefficient (Wildman–Crippen LogP) is 8.73. The van der Waals surface area contributed by atoms with Crippen LogP contribution in [0.25, 0.3) is 0 Å². The number of esters is 1. The number of carbonyl (C=O) groups excluding carboxylic acids is 1. The largest absolute Gasteiger partial charge is 0.512 e. The zero-order valence-corrected chi connectivity index (χ0v) is 23.9. The fourth-order valence-electron chi connectivity index (χ4n) is 6.07. The summed E-state index contributed by atoms with van der Waals surface area (Å²) in [6, 6.07) is 29.4. The molecule has 0 radical (unpaired) electrons. The highest BCUT2D eigenvalue weighted by Gasteiger charge is 2.43. The quantitative estimate of drug-likeness (QED) is 0.240. The number of cyclic esters (lactones) is 1. The molecule has 0 unspecified atom stereocenters. The van der Waals surface area contributed by atoms with Gasteiger partial charge >= 0.3 is 5.97 Å². The van der Waals surface area contributed by atoms with Crippen molar-refractivity contribution in [2.45, 2.75) is 84.4 Å². The van der Waals surface area contributed by atoms with Gasteiger partial charge in [-0.3, -0.25) is 0 Å². The van der Waals surface area contributed by atoms with E-state index in [2.05, 4.69) is 105 Å². The molecule has 206 valence electrons. The van der Waals surface area contributed by atoms with Gasteiger partial charge in [0.15, 0.2) is 0 Å². The Balaban J connectivity index is 1.71. The number of hydrogen-bond acceptors (Lipinski definition) is 4. The number of anilines is 1. The summed E-state index contributed by atoms with van der Waals surface area (Å²) in [6.45, 7) is 9.93. The number of carbonyl (C=O) groups is 1. The summed E-state index contributed by atoms with van der Waals surface area (Å²) in [5.74, 6) is -0.321. The lowest BCUT2D eigenvalue weighted by Gasteiger charge is -2.39. The molecular formula is C35H43NO3. The van der Waals surface area contributed by atoms with E-state index in [0.29, 0.717) is 12.0 Å². The first kappa shape index (κ1) is 28.5. The summed E-state index contributed by atoms with van der Waals surface area (Å²) < 4.78 is 6.16. The van der Waals surface area contributed by atoms with Crippen molar-refractivity contribution >= 4 is 11.7 Å². The monoisotopic (exact) mass is 525 g/mol. The van der Waals surface area contributed by atoms with Crippen molar-refractivity contribution in [3.63, 3.8) is 0 Å². The van der Waals surface area contributed by atoms with Crippen molar-refractivity contribution in [3.05, 3.63) is 113 Å². The van der Waals surface area contributed by atoms with Crippen LogP contribution in [0.4, 0.5) is 5.69 Å². The number of hydrogen-bond donors (Lipinski definition) is 1. The maximum Gasteiger partial charge on any atom is 0.338 e. The minimum absolute atomic E-state index is 0.103. The normalized spacial score (nSPS) is 15.8. The number of ether oxygens (including phenoxy) is 1. The van der Waals surface area contributed by atoms with Gasteiger partial charge in [-0.25, -0.2) is 4.79 Å². The minimum atomic E-state index is -0.598. The highest BCUT2D eigenvalue weighted by molar-refractivity contribution is 5.92. The Morgan fingerprint density at radius 2 is 1.41 bits per heavy atom. The van der Waals surface area contributed by atoms with Crippen LogP contribution in [0.15, 0.2) is 96.3 Å². The highest BCUT2D eigenvalue weighted by atomic mass is 16.6. The highest BCUT2D eigenvalue weighted by Crippen LogP contribution is 2.43. The van der Waals surface area contributed by atoms with Crippen LogP contribution in [0.3, 0.4) is 0 Å². The first-order valence-electron chi connectivity index (χ1n) is 14.4. The van der Waals surface area contributed by atoms with Crippen LogP contribution < -0.4 is 4.90 Å². The van der Waals surface area contributed by atoms with Crippen molar-refractivity contribution in [3.8, 4) is 0 Å². The molecule has 1 atom stereocenters. The lowest BCUT2D eigenvalue weighted by Crippen LogP contribution is -2.41. The van der Waals surface area contributed by atoms with E-state index in [4.69, 9.17) is 4.74 Å². The van der Waals surface area contributed by atoms with Crippen molar-refractivity contribution in [2.24, 2.45) is 5.92 Å². The molecule has 4 rings (SSSR count). The van der Waals surface area contributed by atoms with E-state index in [1.54, 1.807) is 0 Å². The Bertz CT molecular complexity index is 1200. The second kappa shape index (κ2) is 13.0. The number of aliphatic hydroxyl groups excluding tert-OH is 1. The van der Waals surface area contributed by atoms with E-state index >= 15 is 0 Å². The molecule has 0 aliphatic carbocycles. The molecule has 39 heavy (non-hydrogen) atoms. The molecule has 0 amide bonds. The van der Waals surface area contributed by atoms with Crippen LogP contribution in [0.5, 0.6) is 0 Å². The zero-order chi connectivity index (χ0) is 27.8. The molecule has 1 N–H and O–H groups in total. The van der Waals surface area contributed by atoms with Gasteiger partial charge in [0, 0.05) is 31.1 Å². The van der Waals surface area contributed by atoms with Gasteiger partial charge in [-0.05, 0) is 47.6 Å². The fraction of sp³-hybridized carbons (Fsp3) is 0.400. The van der Waals surface area contributed by atoms with Gasteiger partial charge in [-0.15, -0.1) is 0 Å². The lowest BCUT2D eigenvalue weighted by molar-refractivity contribution is -0.161. The molecule has 1 aliphatic rings. The van der Waals surface area contributed by atoms with Crippen molar-refractivity contribution in [1.29, 1.82) is 0 Å². The van der Waals surface area contributed by atoms with E-state index in [9.17, 15) is 9.90 Å². The molecule has 0 aromatic heterocycles. The molecule has 3 aromatic rings. The minimum Gasteiger partial charge on any atom is -0.512 e. The molecule has 0 saturated heterocycles. The van der Waals surface area contributed by atoms with Gasteiger partial charge in [-0.2, -0.15) is 0 Å². The zero-order valence-electron chi connectivity index (χ0n) is 23.9. The van der Waals surface area contributed by atoms with Crippen LogP contribution in [0, 0.1) is 5.92 Å². The smallest absolute Gasteiger partial charge is 0.338 e. The van der Waals surface area contributed by atoms with Gasteiger partial charge in [0.25, 0.3) is 0 Å². The van der Waals surface area contributed by atoms with Gasteiger partial charge in [-0.1, -0.05) is 113 Å². The maximum absolute atomic E-state index is 13.5. The van der Waals surface area contributed by atoms with Gasteiger partial charge in [0.05, 0.1) is 5.57 Å². The molecule has 0 spiro atoms. The van der Waals surface area contributed by atoms with Crippen LogP contribution in [0.2, 0.25) is 0 Å². The second-order valence-electron chi connectivity index (χ2n) is 11.3. The third-order valence-electron chi connectivity index (χ3n) is 7.75. The van der Waals surface area contributed by atoms with Crippen LogP contribution in [-0.2, 0) is 22.6 Å². The van der Waals surface area contributed by atoms with Gasteiger partial charge < -0.3 is 14.7 Å². The Hall–Kier alpha value is -3.53. The topological polar surface area (TPSA) is 49.8 Å². The van der Waals surface area contributed by atoms with Crippen LogP contribution in [-0.4, -0.2) is 16.7 Å². The van der Waals surface area contributed by atoms with Crippen LogP contribution in [0.1, 0.15) is 82.4 Å². The Kier molecular flexibility index (Phi) is 9.50. The van der Waals surface area contributed by atoms with E-state index in [-0.39, 0.29) is 23.6 Å². The first-order chi connectivity index (χ1) is 18.9. The summed E-state index contributed by atoms with van der Waals surface area (Å²) in [7, 11) is 0. The summed E-state index contributed by atoms with van der Waals surface area (Å²) in [5, 5.41) is 11.3. The molecule has 1 aliphatic heterocycles. The van der Waals surface area contributed by atoms with Crippen LogP contribution >= 0.6 is 0 Å². The average Bonchev–Trinajstić information content (AvgIpc) is 2.92. The third-order valence-corrected chi connectivity index (χ3v) is 7.75. The number of benzene rings is 3. The second-order valence-corrected chi connectivity index (χ2v) is 11.3. The van der Waals surface area contributed by atoms with Crippen molar-refractivity contribution in [1.82, 2.24) is 0 Å². The molecule has 0 bridgehead atoms. The fourth-order valence-corrected chi connectivity index (χ4v) is 6.07. The first-order valence-corrected chi connectivity index (χ1v) is 14.4. The predicted molar refractivity (Wildman–Crippen MR) is 160 cm³/mol. The molecule has 0 fully saturated rings. The Labute approximate surface area is 234 Å². The summed E-state index contributed by atoms with van der Waals surface area (Å²) >= 11 is 0. The number of rotatable bonds is 12. The Morgan fingerprint density at radius 1 is 0.846 bits per heavy atom. The summed E-state index contributed by atoms with van der Waals surface area (Å²) in [5.41, 5.74) is 4.40. The van der Waals surface area contributed by atoms with E-state index < -0.39 is 5.60 Å². The van der Waals surface area contributed by atoms with Gasteiger partial charge in [0.1, 0.15) is 11.4 Å². The summed E-state index contributed by atoms with van der Waals surface area (Å²) in [6.07, 6.45) is 3.74.